The van der Waals surface area contributed by atoms with Gasteiger partial charge in [0.15, 0.2) is 11.5 Å². The molecule has 0 saturated carbocycles. The van der Waals surface area contributed by atoms with Crippen molar-refractivity contribution in [1.82, 2.24) is 19.4 Å². The number of aromatic nitrogens is 2. The average molecular weight is 514 g/mol. The van der Waals surface area contributed by atoms with Gasteiger partial charge in [0.25, 0.3) is 0 Å². The fourth-order valence-corrected chi connectivity index (χ4v) is 4.89. The maximum Gasteiger partial charge on any atom is 0.380 e. The predicted octanol–water partition coefficient (Wildman–Crippen LogP) is 2.43. The number of benzene rings is 2. The summed E-state index contributed by atoms with van der Waals surface area (Å²) in [6, 6.07) is 12.3. The van der Waals surface area contributed by atoms with Crippen LogP contribution in [0.1, 0.15) is 18.4 Å². The number of hydrogen-bond acceptors (Lipinski definition) is 8. The highest BCUT2D eigenvalue weighted by Crippen LogP contribution is 2.33. The Hall–Kier alpha value is -3.61. The second-order valence-electron chi connectivity index (χ2n) is 8.86. The standard InChI is InChI=1S/C24H27N5O6S/c1-27(19-7-9-28(10-8-19)13-17-5-6-22-23(11-17)34-16-33-22)24(30)29-14-21(26-15-29)18-3-2-4-20(12-18)35-36(25,31)32/h2-6,11-12,14-15,19H,7-10,13,16H2,1H3,(H2,25,31,32). The lowest BCUT2D eigenvalue weighted by molar-refractivity contribution is 0.131. The fourth-order valence-electron chi connectivity index (χ4n) is 4.52. The van der Waals surface area contributed by atoms with E-state index in [4.69, 9.17) is 18.8 Å². The van der Waals surface area contributed by atoms with Crippen LogP contribution in [0.4, 0.5) is 4.79 Å². The van der Waals surface area contributed by atoms with Crippen molar-refractivity contribution in [2.45, 2.75) is 25.4 Å². The number of piperidine rings is 1. The Morgan fingerprint density at radius 2 is 1.94 bits per heavy atom. The fraction of sp³-hybridized carbons (Fsp3) is 0.333. The number of fused-ring (bicyclic) bond motifs is 1. The number of nitrogens with two attached hydrogens (primary N) is 1. The van der Waals surface area contributed by atoms with E-state index >= 15 is 0 Å². The van der Waals surface area contributed by atoms with Gasteiger partial charge < -0.3 is 18.6 Å². The van der Waals surface area contributed by atoms with Crippen LogP contribution >= 0.6 is 0 Å². The summed E-state index contributed by atoms with van der Waals surface area (Å²) in [5.41, 5.74) is 2.28. The van der Waals surface area contributed by atoms with Crippen molar-refractivity contribution in [2.75, 3.05) is 26.9 Å². The van der Waals surface area contributed by atoms with Gasteiger partial charge >= 0.3 is 16.3 Å². The molecular weight excluding hydrogens is 486 g/mol. The van der Waals surface area contributed by atoms with Crippen LogP contribution in [0.2, 0.25) is 0 Å². The Morgan fingerprint density at radius 3 is 2.72 bits per heavy atom. The van der Waals surface area contributed by atoms with Crippen LogP contribution in [0.25, 0.3) is 11.3 Å². The van der Waals surface area contributed by atoms with Crippen molar-refractivity contribution in [3.8, 4) is 28.5 Å². The molecule has 2 N–H and O–H groups in total. The number of ether oxygens (including phenoxy) is 2. The minimum atomic E-state index is -4.13. The third-order valence-corrected chi connectivity index (χ3v) is 6.82. The van der Waals surface area contributed by atoms with Gasteiger partial charge in [-0.3, -0.25) is 9.47 Å². The summed E-state index contributed by atoms with van der Waals surface area (Å²) < 4.78 is 39.4. The van der Waals surface area contributed by atoms with Crippen LogP contribution in [-0.4, -0.2) is 66.8 Å². The number of rotatable bonds is 6. The van der Waals surface area contributed by atoms with E-state index in [1.54, 1.807) is 30.3 Å². The van der Waals surface area contributed by atoms with Gasteiger partial charge in [-0.2, -0.15) is 13.6 Å². The summed E-state index contributed by atoms with van der Waals surface area (Å²) in [4.78, 5) is 21.5. The lowest BCUT2D eigenvalue weighted by atomic mass is 10.0. The topological polar surface area (TPSA) is 129 Å². The summed E-state index contributed by atoms with van der Waals surface area (Å²) >= 11 is 0. The van der Waals surface area contributed by atoms with Gasteiger partial charge in [-0.05, 0) is 42.7 Å². The lowest BCUT2D eigenvalue weighted by Crippen LogP contribution is -2.46. The van der Waals surface area contributed by atoms with Gasteiger partial charge in [0, 0.05) is 44.5 Å². The molecule has 0 radical (unpaired) electrons. The van der Waals surface area contributed by atoms with Crippen molar-refractivity contribution in [3.63, 3.8) is 0 Å². The van der Waals surface area contributed by atoms with Crippen LogP contribution in [0.5, 0.6) is 17.2 Å². The van der Waals surface area contributed by atoms with E-state index in [0.29, 0.717) is 11.3 Å². The van der Waals surface area contributed by atoms with Crippen molar-refractivity contribution in [2.24, 2.45) is 5.14 Å². The largest absolute Gasteiger partial charge is 0.454 e. The zero-order valence-electron chi connectivity index (χ0n) is 19.7. The first-order valence-electron chi connectivity index (χ1n) is 11.5. The molecule has 5 rings (SSSR count). The Morgan fingerprint density at radius 1 is 1.17 bits per heavy atom. The summed E-state index contributed by atoms with van der Waals surface area (Å²) in [6.07, 6.45) is 4.79. The molecule has 1 aromatic heterocycles. The molecule has 11 nitrogen and oxygen atoms in total. The number of likely N-dealkylation sites (tertiary alicyclic amines) is 1. The minimum absolute atomic E-state index is 0.0699. The monoisotopic (exact) mass is 513 g/mol. The average Bonchev–Trinajstić information content (AvgIpc) is 3.52. The van der Waals surface area contributed by atoms with E-state index in [1.807, 2.05) is 12.1 Å². The normalized spacial score (nSPS) is 16.2. The number of hydrogen-bond donors (Lipinski definition) is 1. The molecule has 1 fully saturated rings. The lowest BCUT2D eigenvalue weighted by Gasteiger charge is -2.36. The van der Waals surface area contributed by atoms with Gasteiger partial charge in [-0.25, -0.2) is 9.78 Å². The summed E-state index contributed by atoms with van der Waals surface area (Å²) in [5, 5.41) is 4.94. The first-order valence-corrected chi connectivity index (χ1v) is 13.0. The van der Waals surface area contributed by atoms with Crippen LogP contribution in [0.3, 0.4) is 0 Å². The van der Waals surface area contributed by atoms with Crippen molar-refractivity contribution in [1.29, 1.82) is 0 Å². The molecule has 3 aromatic rings. The molecule has 3 heterocycles. The maximum atomic E-state index is 13.1. The quantitative estimate of drug-likeness (QED) is 0.532. The second-order valence-corrected chi connectivity index (χ2v) is 10.0. The van der Waals surface area contributed by atoms with Gasteiger partial charge in [0.1, 0.15) is 12.1 Å². The number of nitrogens with zero attached hydrogens (tertiary/aromatic N) is 4. The van der Waals surface area contributed by atoms with Gasteiger partial charge in [-0.1, -0.05) is 18.2 Å². The van der Waals surface area contributed by atoms with E-state index in [2.05, 4.69) is 16.0 Å². The molecule has 0 unspecified atom stereocenters. The molecule has 2 aliphatic heterocycles. The van der Waals surface area contributed by atoms with E-state index in [0.717, 1.165) is 44.0 Å². The molecule has 12 heteroatoms. The zero-order chi connectivity index (χ0) is 25.3. The first kappa shape index (κ1) is 24.1. The Kier molecular flexibility index (Phi) is 6.56. The number of amides is 1. The van der Waals surface area contributed by atoms with Crippen LogP contribution in [-0.2, 0) is 16.8 Å². The minimum Gasteiger partial charge on any atom is -0.454 e. The van der Waals surface area contributed by atoms with Gasteiger partial charge in [-0.15, -0.1) is 0 Å². The highest BCUT2D eigenvalue weighted by molar-refractivity contribution is 7.84. The molecular formula is C24H27N5O6S. The van der Waals surface area contributed by atoms with Crippen LogP contribution in [0.15, 0.2) is 55.0 Å². The molecule has 190 valence electrons. The van der Waals surface area contributed by atoms with Gasteiger partial charge in [0.2, 0.25) is 6.79 Å². The van der Waals surface area contributed by atoms with E-state index < -0.39 is 10.3 Å². The third-order valence-electron chi connectivity index (χ3n) is 6.40. The molecule has 2 aliphatic rings. The van der Waals surface area contributed by atoms with Crippen molar-refractivity contribution >= 4 is 16.3 Å². The molecule has 2 aromatic carbocycles. The van der Waals surface area contributed by atoms with E-state index in [-0.39, 0.29) is 24.6 Å². The Bertz CT molecular complexity index is 1370. The molecule has 1 amide bonds. The Labute approximate surface area is 209 Å². The number of carbonyl (C=O) groups is 1. The molecule has 36 heavy (non-hydrogen) atoms. The highest BCUT2D eigenvalue weighted by atomic mass is 32.2. The van der Waals surface area contributed by atoms with Crippen molar-refractivity contribution < 1.29 is 26.9 Å². The zero-order valence-corrected chi connectivity index (χ0v) is 20.6. The SMILES string of the molecule is CN(C(=O)n1cnc(-c2cccc(OS(N)(=O)=O)c2)c1)C1CCN(Cc2ccc3c(c2)OCO3)CC1. The smallest absolute Gasteiger partial charge is 0.380 e. The van der Waals surface area contributed by atoms with Crippen molar-refractivity contribution in [3.05, 3.63) is 60.6 Å². The van der Waals surface area contributed by atoms with Crippen LogP contribution in [0, 0.1) is 0 Å². The summed E-state index contributed by atoms with van der Waals surface area (Å²) in [6.45, 7) is 2.84. The molecule has 0 aliphatic carbocycles. The van der Waals surface area contributed by atoms with E-state index in [1.165, 1.54) is 28.6 Å². The molecule has 0 bridgehead atoms. The highest BCUT2D eigenvalue weighted by Gasteiger charge is 2.27. The molecule has 1 saturated heterocycles. The summed E-state index contributed by atoms with van der Waals surface area (Å²) in [5.74, 6) is 1.64. The first-order chi connectivity index (χ1) is 17.2. The Balaban J connectivity index is 1.18. The van der Waals surface area contributed by atoms with Crippen LogP contribution < -0.4 is 18.8 Å². The maximum absolute atomic E-state index is 13.1. The summed E-state index contributed by atoms with van der Waals surface area (Å²) in [7, 11) is -2.33. The van der Waals surface area contributed by atoms with E-state index in [9.17, 15) is 13.2 Å². The molecule has 0 atom stereocenters. The second kappa shape index (κ2) is 9.80. The molecule has 0 spiro atoms. The number of carbonyl (C=O) groups excluding carboxylic acids is 1. The predicted molar refractivity (Wildman–Crippen MR) is 131 cm³/mol. The third kappa shape index (κ3) is 5.45. The number of imidazole rings is 1. The van der Waals surface area contributed by atoms with Gasteiger partial charge in [0.05, 0.1) is 5.69 Å².